The van der Waals surface area contributed by atoms with Crippen LogP contribution in [0.15, 0.2) is 24.3 Å². The Hall–Kier alpha value is -1.39. The molecule has 2 N–H and O–H groups in total. The number of rotatable bonds is 7. The molecule has 0 saturated carbocycles. The highest BCUT2D eigenvalue weighted by atomic mass is 16.5. The van der Waals surface area contributed by atoms with Gasteiger partial charge in [-0.1, -0.05) is 13.3 Å². The van der Waals surface area contributed by atoms with Crippen molar-refractivity contribution in [2.24, 2.45) is 0 Å². The largest absolute Gasteiger partial charge is 0.379 e. The van der Waals surface area contributed by atoms with Gasteiger partial charge in [0.25, 0.3) is 0 Å². The van der Waals surface area contributed by atoms with Gasteiger partial charge >= 0.3 is 0 Å². The summed E-state index contributed by atoms with van der Waals surface area (Å²) in [5.74, 6) is 0.0983. The van der Waals surface area contributed by atoms with Crippen molar-refractivity contribution < 1.29 is 9.53 Å². The summed E-state index contributed by atoms with van der Waals surface area (Å²) >= 11 is 0. The highest BCUT2D eigenvalue weighted by Gasteiger charge is 2.37. The van der Waals surface area contributed by atoms with Crippen LogP contribution in [0, 0.1) is 0 Å². The molecule has 2 rings (SSSR count). The average Bonchev–Trinajstić information content (AvgIpc) is 2.50. The van der Waals surface area contributed by atoms with Crippen LogP contribution >= 0.6 is 0 Å². The van der Waals surface area contributed by atoms with E-state index in [0.717, 1.165) is 50.2 Å². The van der Waals surface area contributed by atoms with Crippen LogP contribution in [0.5, 0.6) is 0 Å². The highest BCUT2D eigenvalue weighted by Crippen LogP contribution is 2.25. The zero-order valence-electron chi connectivity index (χ0n) is 13.9. The molecule has 4 heteroatoms. The summed E-state index contributed by atoms with van der Waals surface area (Å²) in [6.07, 6.45) is 3.26. The fraction of sp³-hybridized carbons (Fsp3) is 0.611. The van der Waals surface area contributed by atoms with E-state index in [0.29, 0.717) is 0 Å². The SMILES string of the molecule is CCCCOC1(C)CNCCC1Nc1ccc(C(C)=O)cc1. The van der Waals surface area contributed by atoms with Gasteiger partial charge in [0.1, 0.15) is 0 Å². The molecule has 0 radical (unpaired) electrons. The first-order valence-corrected chi connectivity index (χ1v) is 8.27. The van der Waals surface area contributed by atoms with Crippen molar-refractivity contribution >= 4 is 11.5 Å². The zero-order chi connectivity index (χ0) is 16.0. The van der Waals surface area contributed by atoms with E-state index in [2.05, 4.69) is 24.5 Å². The molecule has 1 heterocycles. The van der Waals surface area contributed by atoms with E-state index < -0.39 is 0 Å². The molecule has 0 aromatic heterocycles. The summed E-state index contributed by atoms with van der Waals surface area (Å²) in [7, 11) is 0. The standard InChI is InChI=1S/C18H28N2O2/c1-4-5-12-22-18(3)13-19-11-10-17(18)20-16-8-6-15(7-9-16)14(2)21/h6-9,17,19-20H,4-5,10-13H2,1-3H3. The summed E-state index contributed by atoms with van der Waals surface area (Å²) in [6.45, 7) is 8.60. The van der Waals surface area contributed by atoms with Gasteiger partial charge in [-0.15, -0.1) is 0 Å². The molecule has 1 aromatic carbocycles. The Balaban J connectivity index is 2.02. The maximum absolute atomic E-state index is 11.3. The number of ether oxygens (including phenoxy) is 1. The minimum Gasteiger partial charge on any atom is -0.379 e. The first-order valence-electron chi connectivity index (χ1n) is 8.27. The third kappa shape index (κ3) is 4.31. The van der Waals surface area contributed by atoms with Crippen LogP contribution in [0.3, 0.4) is 0 Å². The number of ketones is 1. The smallest absolute Gasteiger partial charge is 0.159 e. The Morgan fingerprint density at radius 2 is 2.14 bits per heavy atom. The van der Waals surface area contributed by atoms with Gasteiger partial charge in [0.15, 0.2) is 5.78 Å². The van der Waals surface area contributed by atoms with E-state index in [9.17, 15) is 4.79 Å². The van der Waals surface area contributed by atoms with Crippen molar-refractivity contribution in [1.82, 2.24) is 5.32 Å². The summed E-state index contributed by atoms with van der Waals surface area (Å²) < 4.78 is 6.18. The van der Waals surface area contributed by atoms with Crippen molar-refractivity contribution in [3.63, 3.8) is 0 Å². The normalized spacial score (nSPS) is 25.0. The monoisotopic (exact) mass is 304 g/mol. The molecule has 0 amide bonds. The number of nitrogens with one attached hydrogen (secondary N) is 2. The lowest BCUT2D eigenvalue weighted by Gasteiger charge is -2.42. The zero-order valence-corrected chi connectivity index (χ0v) is 13.9. The summed E-state index contributed by atoms with van der Waals surface area (Å²) in [4.78, 5) is 11.3. The Bertz CT molecular complexity index is 486. The average molecular weight is 304 g/mol. The second-order valence-corrected chi connectivity index (χ2v) is 6.31. The highest BCUT2D eigenvalue weighted by molar-refractivity contribution is 5.94. The van der Waals surface area contributed by atoms with Crippen LogP contribution in [0.1, 0.15) is 50.4 Å². The summed E-state index contributed by atoms with van der Waals surface area (Å²) in [5, 5.41) is 7.02. The lowest BCUT2D eigenvalue weighted by atomic mass is 9.89. The minimum atomic E-state index is -0.202. The van der Waals surface area contributed by atoms with Crippen molar-refractivity contribution in [2.75, 3.05) is 25.0 Å². The van der Waals surface area contributed by atoms with Crippen molar-refractivity contribution in [3.8, 4) is 0 Å². The first kappa shape index (κ1) is 17.0. The fourth-order valence-corrected chi connectivity index (χ4v) is 2.84. The quantitative estimate of drug-likeness (QED) is 0.600. The molecule has 0 spiro atoms. The van der Waals surface area contributed by atoms with E-state index in [-0.39, 0.29) is 17.4 Å². The molecule has 2 unspecified atom stereocenters. The van der Waals surface area contributed by atoms with Crippen LogP contribution in [0.4, 0.5) is 5.69 Å². The van der Waals surface area contributed by atoms with Gasteiger partial charge in [-0.2, -0.15) is 0 Å². The van der Waals surface area contributed by atoms with Crippen LogP contribution in [-0.2, 0) is 4.74 Å². The van der Waals surface area contributed by atoms with Crippen LogP contribution < -0.4 is 10.6 Å². The lowest BCUT2D eigenvalue weighted by molar-refractivity contribution is -0.0555. The number of carbonyl (C=O) groups is 1. The number of Topliss-reactive ketones (excluding diaryl/α,β-unsaturated/α-hetero) is 1. The Kier molecular flexibility index (Phi) is 5.98. The number of carbonyl (C=O) groups excluding carboxylic acids is 1. The Morgan fingerprint density at radius 3 is 2.77 bits per heavy atom. The van der Waals surface area contributed by atoms with Gasteiger partial charge in [-0.05, 0) is 57.5 Å². The maximum Gasteiger partial charge on any atom is 0.159 e. The van der Waals surface area contributed by atoms with Gasteiger partial charge in [-0.3, -0.25) is 4.79 Å². The molecule has 22 heavy (non-hydrogen) atoms. The number of piperidine rings is 1. The molecule has 1 aliphatic rings. The van der Waals surface area contributed by atoms with Crippen LogP contribution in [0.25, 0.3) is 0 Å². The van der Waals surface area contributed by atoms with Crippen molar-refractivity contribution in [2.45, 2.75) is 51.7 Å². The summed E-state index contributed by atoms with van der Waals surface area (Å²) in [5.41, 5.74) is 1.59. The molecule has 1 fully saturated rings. The second-order valence-electron chi connectivity index (χ2n) is 6.31. The Labute approximate surface area is 133 Å². The maximum atomic E-state index is 11.3. The van der Waals surface area contributed by atoms with Gasteiger partial charge in [0, 0.05) is 24.4 Å². The van der Waals surface area contributed by atoms with Crippen molar-refractivity contribution in [1.29, 1.82) is 0 Å². The van der Waals surface area contributed by atoms with Crippen molar-refractivity contribution in [3.05, 3.63) is 29.8 Å². The molecule has 4 nitrogen and oxygen atoms in total. The van der Waals surface area contributed by atoms with Gasteiger partial charge in [0.05, 0.1) is 11.6 Å². The molecule has 1 aromatic rings. The van der Waals surface area contributed by atoms with Crippen LogP contribution in [0.2, 0.25) is 0 Å². The summed E-state index contributed by atoms with van der Waals surface area (Å²) in [6, 6.07) is 7.98. The Morgan fingerprint density at radius 1 is 1.41 bits per heavy atom. The van der Waals surface area contributed by atoms with E-state index in [1.54, 1.807) is 6.92 Å². The molecule has 1 saturated heterocycles. The molecule has 2 atom stereocenters. The molecular weight excluding hydrogens is 276 g/mol. The van der Waals surface area contributed by atoms with E-state index in [4.69, 9.17) is 4.74 Å². The third-order valence-electron chi connectivity index (χ3n) is 4.38. The molecule has 1 aliphatic heterocycles. The number of unbranched alkanes of at least 4 members (excludes halogenated alkanes) is 1. The number of hydrogen-bond acceptors (Lipinski definition) is 4. The number of hydrogen-bond donors (Lipinski definition) is 2. The van der Waals surface area contributed by atoms with E-state index in [1.807, 2.05) is 24.3 Å². The number of benzene rings is 1. The molecule has 0 bridgehead atoms. The van der Waals surface area contributed by atoms with Gasteiger partial charge < -0.3 is 15.4 Å². The van der Waals surface area contributed by atoms with E-state index >= 15 is 0 Å². The molecular formula is C18H28N2O2. The third-order valence-corrected chi connectivity index (χ3v) is 4.38. The van der Waals surface area contributed by atoms with Gasteiger partial charge in [-0.25, -0.2) is 0 Å². The second kappa shape index (κ2) is 7.75. The topological polar surface area (TPSA) is 50.4 Å². The van der Waals surface area contributed by atoms with E-state index in [1.165, 1.54) is 0 Å². The lowest BCUT2D eigenvalue weighted by Crippen LogP contribution is -2.58. The molecule has 122 valence electrons. The number of anilines is 1. The molecule has 0 aliphatic carbocycles. The predicted octanol–water partition coefficient (Wildman–Crippen LogP) is 3.24. The fourth-order valence-electron chi connectivity index (χ4n) is 2.84. The van der Waals surface area contributed by atoms with Gasteiger partial charge in [0.2, 0.25) is 0 Å². The first-order chi connectivity index (χ1) is 10.5. The van der Waals surface area contributed by atoms with Crippen LogP contribution in [-0.4, -0.2) is 37.1 Å². The minimum absolute atomic E-state index is 0.0983. The predicted molar refractivity (Wildman–Crippen MR) is 90.6 cm³/mol.